The van der Waals surface area contributed by atoms with Crippen LogP contribution in [0.3, 0.4) is 0 Å². The second kappa shape index (κ2) is 3.17. The van der Waals surface area contributed by atoms with Crippen LogP contribution in [-0.2, 0) is 0 Å². The Balaban J connectivity index is 2.13. The lowest BCUT2D eigenvalue weighted by Gasteiger charge is -2.29. The zero-order valence-corrected chi connectivity index (χ0v) is 8.22. The van der Waals surface area contributed by atoms with Gasteiger partial charge < -0.3 is 0 Å². The first-order valence-corrected chi connectivity index (χ1v) is 4.94. The first kappa shape index (κ1) is 8.24. The van der Waals surface area contributed by atoms with Crippen molar-refractivity contribution in [3.05, 3.63) is 34.3 Å². The Hall–Kier alpha value is -0.370. The van der Waals surface area contributed by atoms with Gasteiger partial charge in [0.2, 0.25) is 0 Å². The predicted molar refractivity (Wildman–Crippen MR) is 51.0 cm³/mol. The maximum Gasteiger partial charge on any atom is 0.101 e. The lowest BCUT2D eigenvalue weighted by Crippen LogP contribution is -2.22. The van der Waals surface area contributed by atoms with Crippen molar-refractivity contribution >= 4 is 15.9 Å². The van der Waals surface area contributed by atoms with E-state index in [2.05, 4.69) is 28.1 Å². The van der Waals surface area contributed by atoms with Gasteiger partial charge in [0.05, 0.1) is 0 Å². The van der Waals surface area contributed by atoms with Gasteiger partial charge in [0.15, 0.2) is 0 Å². The monoisotopic (exact) mass is 228 g/mol. The number of rotatable bonds is 1. The highest BCUT2D eigenvalue weighted by atomic mass is 79.9. The summed E-state index contributed by atoms with van der Waals surface area (Å²) < 4.78 is 13.6. The average Bonchev–Trinajstić information content (AvgIpc) is 1.99. The molecule has 1 saturated carbocycles. The number of alkyl halides is 1. The fraction of sp³-hybridized carbons (Fsp3) is 0.400. The van der Waals surface area contributed by atoms with Crippen molar-refractivity contribution in [3.8, 4) is 0 Å². The fourth-order valence-corrected chi connectivity index (χ4v) is 2.00. The molecular formula is C10H10BrF. The molecular weight excluding hydrogens is 219 g/mol. The summed E-state index contributed by atoms with van der Waals surface area (Å²) in [4.78, 5) is 0. The van der Waals surface area contributed by atoms with Crippen molar-refractivity contribution in [1.82, 2.24) is 0 Å². The van der Waals surface area contributed by atoms with Crippen LogP contribution in [0.15, 0.2) is 28.7 Å². The van der Waals surface area contributed by atoms with E-state index in [0.29, 0.717) is 18.8 Å². The second-order valence-corrected chi connectivity index (χ2v) is 4.24. The smallest absolute Gasteiger partial charge is 0.101 e. The minimum absolute atomic E-state index is 0.456. The van der Waals surface area contributed by atoms with Crippen molar-refractivity contribution in [2.75, 3.05) is 0 Å². The molecule has 64 valence electrons. The molecule has 1 aromatic rings. The highest BCUT2D eigenvalue weighted by Gasteiger charge is 2.29. The van der Waals surface area contributed by atoms with Crippen LogP contribution in [0, 0.1) is 0 Å². The van der Waals surface area contributed by atoms with Gasteiger partial charge in [-0.25, -0.2) is 4.39 Å². The summed E-state index contributed by atoms with van der Waals surface area (Å²) in [6.07, 6.45) is 0.849. The molecule has 1 fully saturated rings. The van der Waals surface area contributed by atoms with Gasteiger partial charge in [-0.3, -0.25) is 0 Å². The minimum atomic E-state index is -0.561. The molecule has 0 spiro atoms. The molecule has 0 radical (unpaired) electrons. The molecule has 0 atom stereocenters. The highest BCUT2D eigenvalue weighted by molar-refractivity contribution is 9.10. The van der Waals surface area contributed by atoms with Crippen molar-refractivity contribution < 1.29 is 4.39 Å². The SMILES string of the molecule is FC1CC(c2cccc(Br)c2)C1. The maximum absolute atomic E-state index is 12.5. The molecule has 1 aliphatic carbocycles. The van der Waals surface area contributed by atoms with Crippen molar-refractivity contribution in [3.63, 3.8) is 0 Å². The van der Waals surface area contributed by atoms with Gasteiger partial charge in [-0.1, -0.05) is 28.1 Å². The van der Waals surface area contributed by atoms with Gasteiger partial charge in [-0.05, 0) is 36.5 Å². The molecule has 0 N–H and O–H groups in total. The Morgan fingerprint density at radius 3 is 2.67 bits per heavy atom. The molecule has 12 heavy (non-hydrogen) atoms. The Morgan fingerprint density at radius 2 is 2.08 bits per heavy atom. The highest BCUT2D eigenvalue weighted by Crippen LogP contribution is 2.39. The molecule has 0 heterocycles. The number of halogens is 2. The molecule has 0 saturated heterocycles. The molecule has 1 aliphatic rings. The van der Waals surface area contributed by atoms with Crippen LogP contribution >= 0.6 is 15.9 Å². The van der Waals surface area contributed by atoms with Crippen LogP contribution in [0.4, 0.5) is 4.39 Å². The third kappa shape index (κ3) is 1.53. The fourth-order valence-electron chi connectivity index (χ4n) is 1.58. The van der Waals surface area contributed by atoms with E-state index < -0.39 is 6.17 Å². The Labute approximate surface area is 79.9 Å². The van der Waals surface area contributed by atoms with E-state index >= 15 is 0 Å². The molecule has 0 amide bonds. The van der Waals surface area contributed by atoms with E-state index in [0.717, 1.165) is 4.47 Å². The Bertz CT molecular complexity index is 279. The topological polar surface area (TPSA) is 0 Å². The zero-order valence-electron chi connectivity index (χ0n) is 6.63. The summed E-state index contributed by atoms with van der Waals surface area (Å²) in [5, 5.41) is 0. The predicted octanol–water partition coefficient (Wildman–Crippen LogP) is 3.66. The first-order chi connectivity index (χ1) is 5.75. The summed E-state index contributed by atoms with van der Waals surface area (Å²) in [7, 11) is 0. The van der Waals surface area contributed by atoms with Crippen LogP contribution in [-0.4, -0.2) is 6.17 Å². The summed E-state index contributed by atoms with van der Waals surface area (Å²) >= 11 is 3.41. The Kier molecular flexibility index (Phi) is 2.18. The number of hydrogen-bond donors (Lipinski definition) is 0. The quantitative estimate of drug-likeness (QED) is 0.689. The number of hydrogen-bond acceptors (Lipinski definition) is 0. The second-order valence-electron chi connectivity index (χ2n) is 3.32. The Morgan fingerprint density at radius 1 is 1.33 bits per heavy atom. The molecule has 0 unspecified atom stereocenters. The third-order valence-corrected chi connectivity index (χ3v) is 2.89. The van der Waals surface area contributed by atoms with E-state index in [1.165, 1.54) is 5.56 Å². The molecule has 1 aromatic carbocycles. The van der Waals surface area contributed by atoms with Gasteiger partial charge in [0.25, 0.3) is 0 Å². The normalized spacial score (nSPS) is 28.2. The van der Waals surface area contributed by atoms with Gasteiger partial charge in [0.1, 0.15) is 6.17 Å². The van der Waals surface area contributed by atoms with Gasteiger partial charge in [0, 0.05) is 4.47 Å². The third-order valence-electron chi connectivity index (χ3n) is 2.40. The van der Waals surface area contributed by atoms with Gasteiger partial charge in [-0.15, -0.1) is 0 Å². The summed E-state index contributed by atoms with van der Waals surface area (Å²) in [5.74, 6) is 0.456. The van der Waals surface area contributed by atoms with Crippen molar-refractivity contribution in [2.24, 2.45) is 0 Å². The van der Waals surface area contributed by atoms with Crippen LogP contribution in [0.5, 0.6) is 0 Å². The zero-order chi connectivity index (χ0) is 8.55. The number of benzene rings is 1. The molecule has 0 bridgehead atoms. The van der Waals surface area contributed by atoms with E-state index in [1.54, 1.807) is 0 Å². The first-order valence-electron chi connectivity index (χ1n) is 4.15. The van der Waals surface area contributed by atoms with Crippen LogP contribution < -0.4 is 0 Å². The van der Waals surface area contributed by atoms with Crippen molar-refractivity contribution in [2.45, 2.75) is 24.9 Å². The standard InChI is InChI=1S/C10H10BrF/c11-9-3-1-2-7(4-9)8-5-10(12)6-8/h1-4,8,10H,5-6H2. The summed E-state index contributed by atoms with van der Waals surface area (Å²) in [5.41, 5.74) is 1.26. The van der Waals surface area contributed by atoms with E-state index in [1.807, 2.05) is 12.1 Å². The van der Waals surface area contributed by atoms with Gasteiger partial charge in [-0.2, -0.15) is 0 Å². The molecule has 0 nitrogen and oxygen atoms in total. The molecule has 2 rings (SSSR count). The average molecular weight is 229 g/mol. The molecule has 0 aromatic heterocycles. The van der Waals surface area contributed by atoms with Crippen LogP contribution in [0.2, 0.25) is 0 Å². The van der Waals surface area contributed by atoms with Gasteiger partial charge >= 0.3 is 0 Å². The molecule has 0 aliphatic heterocycles. The van der Waals surface area contributed by atoms with Crippen LogP contribution in [0.1, 0.15) is 24.3 Å². The van der Waals surface area contributed by atoms with E-state index in [4.69, 9.17) is 0 Å². The maximum atomic E-state index is 12.5. The van der Waals surface area contributed by atoms with E-state index in [-0.39, 0.29) is 0 Å². The van der Waals surface area contributed by atoms with Crippen LogP contribution in [0.25, 0.3) is 0 Å². The van der Waals surface area contributed by atoms with Crippen molar-refractivity contribution in [1.29, 1.82) is 0 Å². The summed E-state index contributed by atoms with van der Waals surface area (Å²) in [6, 6.07) is 8.15. The molecule has 2 heteroatoms. The largest absolute Gasteiger partial charge is 0.247 e. The van der Waals surface area contributed by atoms with E-state index in [9.17, 15) is 4.39 Å². The minimum Gasteiger partial charge on any atom is -0.247 e. The lowest BCUT2D eigenvalue weighted by atomic mass is 9.78. The summed E-state index contributed by atoms with van der Waals surface area (Å²) in [6.45, 7) is 0. The lowest BCUT2D eigenvalue weighted by molar-refractivity contribution is 0.179.